The molecular weight excluding hydrogens is 252 g/mol. The molecule has 2 N–H and O–H groups in total. The maximum Gasteiger partial charge on any atom is 0.131 e. The van der Waals surface area contributed by atoms with Gasteiger partial charge in [-0.25, -0.2) is 8.78 Å². The van der Waals surface area contributed by atoms with Crippen molar-refractivity contribution in [1.82, 2.24) is 5.32 Å². The van der Waals surface area contributed by atoms with Crippen molar-refractivity contribution in [3.05, 3.63) is 59.6 Å². The zero-order chi connectivity index (χ0) is 13.7. The van der Waals surface area contributed by atoms with Gasteiger partial charge in [-0.2, -0.15) is 0 Å². The third-order valence-corrected chi connectivity index (χ3v) is 2.79. The van der Waals surface area contributed by atoms with Gasteiger partial charge in [-0.15, -0.1) is 0 Å². The molecule has 1 aromatic carbocycles. The molecule has 1 heterocycles. The van der Waals surface area contributed by atoms with Crippen LogP contribution in [0.1, 0.15) is 17.4 Å². The Morgan fingerprint density at radius 1 is 1.26 bits per heavy atom. The Labute approximate surface area is 109 Å². The summed E-state index contributed by atoms with van der Waals surface area (Å²) in [4.78, 5) is 0. The van der Waals surface area contributed by atoms with Crippen molar-refractivity contribution < 1.29 is 18.3 Å². The largest absolute Gasteiger partial charge is 0.469 e. The van der Waals surface area contributed by atoms with Gasteiger partial charge in [-0.1, -0.05) is 6.07 Å². The molecule has 1 atom stereocenters. The van der Waals surface area contributed by atoms with E-state index in [1.165, 1.54) is 6.07 Å². The topological polar surface area (TPSA) is 45.4 Å². The fraction of sp³-hybridized carbons (Fsp3) is 0.286. The summed E-state index contributed by atoms with van der Waals surface area (Å²) in [5.74, 6) is -0.547. The van der Waals surface area contributed by atoms with Gasteiger partial charge < -0.3 is 14.8 Å². The van der Waals surface area contributed by atoms with E-state index in [-0.39, 0.29) is 12.1 Å². The molecule has 0 radical (unpaired) electrons. The van der Waals surface area contributed by atoms with Gasteiger partial charge in [-0.3, -0.25) is 0 Å². The first-order valence-electron chi connectivity index (χ1n) is 6.03. The summed E-state index contributed by atoms with van der Waals surface area (Å²) in [5, 5.41) is 12.8. The number of furan rings is 1. The summed E-state index contributed by atoms with van der Waals surface area (Å²) in [6.45, 7) is 0.802. The van der Waals surface area contributed by atoms with Gasteiger partial charge in [0.25, 0.3) is 0 Å². The van der Waals surface area contributed by atoms with E-state index in [9.17, 15) is 13.9 Å². The Morgan fingerprint density at radius 3 is 2.79 bits per heavy atom. The van der Waals surface area contributed by atoms with E-state index in [0.717, 1.165) is 17.9 Å². The molecule has 1 aromatic heterocycles. The molecule has 5 heteroatoms. The summed E-state index contributed by atoms with van der Waals surface area (Å²) in [5.41, 5.74) is 0.0897. The van der Waals surface area contributed by atoms with Crippen molar-refractivity contribution in [3.63, 3.8) is 0 Å². The Morgan fingerprint density at radius 2 is 2.11 bits per heavy atom. The van der Waals surface area contributed by atoms with Gasteiger partial charge in [0.1, 0.15) is 17.4 Å². The van der Waals surface area contributed by atoms with Crippen LogP contribution in [0.25, 0.3) is 0 Å². The van der Waals surface area contributed by atoms with Crippen LogP contribution in [0.2, 0.25) is 0 Å². The van der Waals surface area contributed by atoms with Crippen molar-refractivity contribution in [2.45, 2.75) is 12.5 Å². The highest BCUT2D eigenvalue weighted by Crippen LogP contribution is 2.17. The van der Waals surface area contributed by atoms with E-state index in [0.29, 0.717) is 13.0 Å². The Bertz CT molecular complexity index is 514. The van der Waals surface area contributed by atoms with Crippen LogP contribution in [0.5, 0.6) is 0 Å². The number of nitrogens with one attached hydrogen (secondary N) is 1. The SMILES string of the molecule is OC(CNCCc1ccco1)c1ccc(F)cc1F. The van der Waals surface area contributed by atoms with Crippen LogP contribution >= 0.6 is 0 Å². The zero-order valence-electron chi connectivity index (χ0n) is 10.3. The molecule has 0 fully saturated rings. The second-order valence-corrected chi connectivity index (χ2v) is 4.22. The standard InChI is InChI=1S/C14H15F2NO2/c15-10-3-4-12(13(16)8-10)14(18)9-17-6-5-11-2-1-7-19-11/h1-4,7-8,14,17-18H,5-6,9H2. The molecule has 1 unspecified atom stereocenters. The summed E-state index contributed by atoms with van der Waals surface area (Å²) in [7, 11) is 0. The quantitative estimate of drug-likeness (QED) is 0.790. The highest BCUT2D eigenvalue weighted by molar-refractivity contribution is 5.21. The highest BCUT2D eigenvalue weighted by Gasteiger charge is 2.12. The second-order valence-electron chi connectivity index (χ2n) is 4.22. The monoisotopic (exact) mass is 267 g/mol. The summed E-state index contributed by atoms with van der Waals surface area (Å²) in [6, 6.07) is 6.81. The van der Waals surface area contributed by atoms with E-state index in [4.69, 9.17) is 4.42 Å². The predicted octanol–water partition coefficient (Wildman–Crippen LogP) is 2.42. The Balaban J connectivity index is 1.79. The molecule has 0 aliphatic rings. The number of benzene rings is 1. The van der Waals surface area contributed by atoms with Crippen LogP contribution in [0, 0.1) is 11.6 Å². The maximum absolute atomic E-state index is 13.4. The van der Waals surface area contributed by atoms with E-state index in [1.54, 1.807) is 12.3 Å². The van der Waals surface area contributed by atoms with Crippen LogP contribution in [0.4, 0.5) is 8.78 Å². The fourth-order valence-corrected chi connectivity index (χ4v) is 1.79. The van der Waals surface area contributed by atoms with E-state index >= 15 is 0 Å². The van der Waals surface area contributed by atoms with Crippen molar-refractivity contribution >= 4 is 0 Å². The summed E-state index contributed by atoms with van der Waals surface area (Å²) in [6.07, 6.45) is 1.28. The lowest BCUT2D eigenvalue weighted by Crippen LogP contribution is -2.24. The Kier molecular flexibility index (Phi) is 4.65. The first kappa shape index (κ1) is 13.7. The lowest BCUT2D eigenvalue weighted by atomic mass is 10.1. The number of aliphatic hydroxyl groups excluding tert-OH is 1. The van der Waals surface area contributed by atoms with Gasteiger partial charge in [0.05, 0.1) is 12.4 Å². The molecule has 0 aliphatic heterocycles. The van der Waals surface area contributed by atoms with Gasteiger partial charge in [0.15, 0.2) is 0 Å². The minimum Gasteiger partial charge on any atom is -0.469 e. The fourth-order valence-electron chi connectivity index (χ4n) is 1.79. The smallest absolute Gasteiger partial charge is 0.131 e. The van der Waals surface area contributed by atoms with Crippen LogP contribution in [-0.2, 0) is 6.42 Å². The second kappa shape index (κ2) is 6.45. The van der Waals surface area contributed by atoms with Crippen LogP contribution in [0.3, 0.4) is 0 Å². The van der Waals surface area contributed by atoms with Crippen molar-refractivity contribution in [2.75, 3.05) is 13.1 Å². The van der Waals surface area contributed by atoms with Gasteiger partial charge in [-0.05, 0) is 18.2 Å². The molecule has 3 nitrogen and oxygen atoms in total. The molecule has 0 aliphatic carbocycles. The summed E-state index contributed by atoms with van der Waals surface area (Å²) >= 11 is 0. The molecule has 0 saturated heterocycles. The highest BCUT2D eigenvalue weighted by atomic mass is 19.1. The van der Waals surface area contributed by atoms with Gasteiger partial charge in [0, 0.05) is 31.1 Å². The third kappa shape index (κ3) is 3.87. The van der Waals surface area contributed by atoms with E-state index in [2.05, 4.69) is 5.32 Å². The van der Waals surface area contributed by atoms with Crippen molar-refractivity contribution in [1.29, 1.82) is 0 Å². The van der Waals surface area contributed by atoms with E-state index in [1.807, 2.05) is 6.07 Å². The third-order valence-electron chi connectivity index (χ3n) is 2.79. The van der Waals surface area contributed by atoms with Crippen molar-refractivity contribution in [3.8, 4) is 0 Å². The maximum atomic E-state index is 13.4. The molecule has 0 amide bonds. The van der Waals surface area contributed by atoms with Crippen LogP contribution < -0.4 is 5.32 Å². The van der Waals surface area contributed by atoms with Crippen LogP contribution in [-0.4, -0.2) is 18.2 Å². The van der Waals surface area contributed by atoms with Gasteiger partial charge >= 0.3 is 0 Å². The first-order chi connectivity index (χ1) is 9.16. The normalized spacial score (nSPS) is 12.6. The number of hydrogen-bond donors (Lipinski definition) is 2. The number of aliphatic hydroxyl groups is 1. The van der Waals surface area contributed by atoms with Crippen LogP contribution in [0.15, 0.2) is 41.0 Å². The first-order valence-corrected chi connectivity index (χ1v) is 6.03. The average Bonchev–Trinajstić information content (AvgIpc) is 2.87. The minimum atomic E-state index is -1.00. The average molecular weight is 267 g/mol. The van der Waals surface area contributed by atoms with E-state index < -0.39 is 17.7 Å². The predicted molar refractivity (Wildman–Crippen MR) is 66.6 cm³/mol. The molecule has 2 aromatic rings. The minimum absolute atomic E-state index is 0.0897. The molecule has 0 saturated carbocycles. The van der Waals surface area contributed by atoms with Crippen molar-refractivity contribution in [2.24, 2.45) is 0 Å². The number of hydrogen-bond acceptors (Lipinski definition) is 3. The Hall–Kier alpha value is -1.72. The summed E-state index contributed by atoms with van der Waals surface area (Å²) < 4.78 is 31.3. The lowest BCUT2D eigenvalue weighted by molar-refractivity contribution is 0.170. The zero-order valence-corrected chi connectivity index (χ0v) is 10.3. The molecule has 0 bridgehead atoms. The number of rotatable bonds is 6. The molecule has 19 heavy (non-hydrogen) atoms. The lowest BCUT2D eigenvalue weighted by Gasteiger charge is -2.12. The molecular formula is C14H15F2NO2. The molecule has 102 valence electrons. The number of halogens is 2. The molecule has 2 rings (SSSR count). The molecule has 0 spiro atoms. The van der Waals surface area contributed by atoms with Gasteiger partial charge in [0.2, 0.25) is 0 Å².